The minimum Gasteiger partial charge on any atom is -0.351 e. The summed E-state index contributed by atoms with van der Waals surface area (Å²) in [5.74, 6) is 0.124. The van der Waals surface area contributed by atoms with Gasteiger partial charge >= 0.3 is 0 Å². The molecule has 0 bridgehead atoms. The van der Waals surface area contributed by atoms with Gasteiger partial charge in [0.25, 0.3) is 5.91 Å². The van der Waals surface area contributed by atoms with Crippen molar-refractivity contribution in [3.8, 4) is 0 Å². The molecule has 2 rings (SSSR count). The van der Waals surface area contributed by atoms with Crippen LogP contribution in [0.25, 0.3) is 0 Å². The molecule has 5 nitrogen and oxygen atoms in total. The summed E-state index contributed by atoms with van der Waals surface area (Å²) in [6, 6.07) is 0. The van der Waals surface area contributed by atoms with Crippen LogP contribution in [-0.4, -0.2) is 41.3 Å². The lowest BCUT2D eigenvalue weighted by Crippen LogP contribution is -2.30. The van der Waals surface area contributed by atoms with Crippen LogP contribution in [-0.2, 0) is 4.79 Å². The van der Waals surface area contributed by atoms with Crippen molar-refractivity contribution in [3.05, 3.63) is 15.0 Å². The van der Waals surface area contributed by atoms with Crippen LogP contribution >= 0.6 is 27.3 Å². The molecule has 0 aliphatic carbocycles. The van der Waals surface area contributed by atoms with E-state index in [2.05, 4.69) is 26.2 Å². The molecule has 2 heterocycles. The molecule has 1 saturated heterocycles. The number of amides is 2. The van der Waals surface area contributed by atoms with E-state index >= 15 is 0 Å². The fourth-order valence-corrected chi connectivity index (χ4v) is 3.04. The van der Waals surface area contributed by atoms with Gasteiger partial charge in [0.05, 0.1) is 6.20 Å². The molecule has 0 saturated carbocycles. The van der Waals surface area contributed by atoms with Crippen molar-refractivity contribution < 1.29 is 9.59 Å². The van der Waals surface area contributed by atoms with Crippen molar-refractivity contribution in [2.24, 2.45) is 0 Å². The van der Waals surface area contributed by atoms with Gasteiger partial charge in [-0.3, -0.25) is 9.59 Å². The van der Waals surface area contributed by atoms with Gasteiger partial charge in [-0.2, -0.15) is 0 Å². The number of carbonyl (C=O) groups excluding carboxylic acids is 2. The van der Waals surface area contributed by atoms with E-state index in [-0.39, 0.29) is 11.8 Å². The topological polar surface area (TPSA) is 62.3 Å². The lowest BCUT2D eigenvalue weighted by molar-refractivity contribution is -0.127. The highest BCUT2D eigenvalue weighted by Crippen LogP contribution is 2.18. The predicted molar refractivity (Wildman–Crippen MR) is 72.6 cm³/mol. The van der Waals surface area contributed by atoms with Crippen LogP contribution in [0.2, 0.25) is 0 Å². The largest absolute Gasteiger partial charge is 0.351 e. The molecule has 18 heavy (non-hydrogen) atoms. The summed E-state index contributed by atoms with van der Waals surface area (Å²) < 4.78 is 0.704. The monoisotopic (exact) mass is 331 g/mol. The highest BCUT2D eigenvalue weighted by Gasteiger charge is 2.19. The van der Waals surface area contributed by atoms with Gasteiger partial charge in [-0.25, -0.2) is 4.98 Å². The Labute approximate surface area is 118 Å². The maximum Gasteiger partial charge on any atom is 0.263 e. The summed E-state index contributed by atoms with van der Waals surface area (Å²) in [5.41, 5.74) is 0. The number of nitrogens with zero attached hydrogens (tertiary/aromatic N) is 2. The molecule has 1 N–H and O–H groups in total. The molecule has 0 spiro atoms. The second-order valence-corrected chi connectivity index (χ2v) is 6.38. The number of nitrogens with one attached hydrogen (secondary N) is 1. The van der Waals surface area contributed by atoms with Crippen molar-refractivity contribution >= 4 is 39.1 Å². The number of likely N-dealkylation sites (tertiary alicyclic amines) is 1. The Bertz CT molecular complexity index is 449. The lowest BCUT2D eigenvalue weighted by Gasteiger charge is -2.14. The summed E-state index contributed by atoms with van der Waals surface area (Å²) in [7, 11) is 0. The summed E-state index contributed by atoms with van der Waals surface area (Å²) >= 11 is 4.53. The molecule has 1 aliphatic rings. The first-order valence-electron chi connectivity index (χ1n) is 5.84. The number of thiazole rings is 1. The van der Waals surface area contributed by atoms with Crippen LogP contribution in [0.4, 0.5) is 0 Å². The zero-order valence-electron chi connectivity index (χ0n) is 9.82. The summed E-state index contributed by atoms with van der Waals surface area (Å²) in [5, 5.41) is 2.82. The number of hydrogen-bond acceptors (Lipinski definition) is 4. The van der Waals surface area contributed by atoms with Crippen molar-refractivity contribution in [2.75, 3.05) is 19.6 Å². The van der Waals surface area contributed by atoms with E-state index < -0.39 is 0 Å². The quantitative estimate of drug-likeness (QED) is 0.834. The molecule has 7 heteroatoms. The molecule has 2 amide bonds. The number of rotatable bonds is 5. The van der Waals surface area contributed by atoms with Gasteiger partial charge in [0.1, 0.15) is 4.88 Å². The molecule has 0 radical (unpaired) electrons. The van der Waals surface area contributed by atoms with Crippen LogP contribution in [0.3, 0.4) is 0 Å². The minimum absolute atomic E-state index is 0.106. The SMILES string of the molecule is O=C(NCCCN1CCCC1=O)c1cnc(Br)s1. The van der Waals surface area contributed by atoms with Crippen LogP contribution in [0.15, 0.2) is 10.1 Å². The third-order valence-corrected chi connectivity index (χ3v) is 4.24. The van der Waals surface area contributed by atoms with Gasteiger partial charge in [0.15, 0.2) is 3.92 Å². The third kappa shape index (κ3) is 3.52. The molecular weight excluding hydrogens is 318 g/mol. The predicted octanol–water partition coefficient (Wildman–Crippen LogP) is 1.65. The smallest absolute Gasteiger partial charge is 0.263 e. The van der Waals surface area contributed by atoms with E-state index in [9.17, 15) is 9.59 Å². The molecule has 0 unspecified atom stereocenters. The second-order valence-electron chi connectivity index (χ2n) is 4.07. The molecule has 0 aromatic carbocycles. The second kappa shape index (κ2) is 6.29. The van der Waals surface area contributed by atoms with Gasteiger partial charge in [0.2, 0.25) is 5.91 Å². The van der Waals surface area contributed by atoms with Crippen molar-refractivity contribution in [2.45, 2.75) is 19.3 Å². The highest BCUT2D eigenvalue weighted by molar-refractivity contribution is 9.11. The van der Waals surface area contributed by atoms with Crippen LogP contribution < -0.4 is 5.32 Å². The van der Waals surface area contributed by atoms with Gasteiger partial charge < -0.3 is 10.2 Å². The van der Waals surface area contributed by atoms with Crippen LogP contribution in [0.1, 0.15) is 28.9 Å². The van der Waals surface area contributed by atoms with Gasteiger partial charge in [-0.15, -0.1) is 11.3 Å². The molecule has 1 aromatic rings. The van der Waals surface area contributed by atoms with E-state index in [1.165, 1.54) is 11.3 Å². The molecular formula is C11H14BrN3O2S. The van der Waals surface area contributed by atoms with E-state index in [1.807, 2.05) is 4.90 Å². The van der Waals surface area contributed by atoms with Gasteiger partial charge in [0, 0.05) is 26.1 Å². The summed E-state index contributed by atoms with van der Waals surface area (Å²) in [4.78, 5) is 29.4. The standard InChI is InChI=1S/C11H14BrN3O2S/c12-11-14-7-8(18-11)10(17)13-4-2-6-15-5-1-3-9(15)16/h7H,1-6H2,(H,13,17). The van der Waals surface area contributed by atoms with Gasteiger partial charge in [-0.1, -0.05) is 0 Å². The average molecular weight is 332 g/mol. The molecule has 1 aliphatic heterocycles. The van der Waals surface area contributed by atoms with Gasteiger partial charge in [-0.05, 0) is 28.8 Å². The Kier molecular flexibility index (Phi) is 4.71. The zero-order valence-corrected chi connectivity index (χ0v) is 12.2. The molecule has 98 valence electrons. The maximum absolute atomic E-state index is 11.7. The zero-order chi connectivity index (χ0) is 13.0. The van der Waals surface area contributed by atoms with E-state index in [0.717, 1.165) is 25.9 Å². The lowest BCUT2D eigenvalue weighted by atomic mass is 10.3. The van der Waals surface area contributed by atoms with Crippen molar-refractivity contribution in [1.82, 2.24) is 15.2 Å². The average Bonchev–Trinajstić information content (AvgIpc) is 2.94. The Morgan fingerprint density at radius 3 is 3.06 bits per heavy atom. The van der Waals surface area contributed by atoms with E-state index in [4.69, 9.17) is 0 Å². The molecule has 0 atom stereocenters. The summed E-state index contributed by atoms with van der Waals surface area (Å²) in [6.45, 7) is 2.16. The fraction of sp³-hybridized carbons (Fsp3) is 0.545. The van der Waals surface area contributed by atoms with Crippen molar-refractivity contribution in [1.29, 1.82) is 0 Å². The Morgan fingerprint density at radius 1 is 1.61 bits per heavy atom. The van der Waals surface area contributed by atoms with Crippen molar-refractivity contribution in [3.63, 3.8) is 0 Å². The number of halogens is 1. The Morgan fingerprint density at radius 2 is 2.44 bits per heavy atom. The van der Waals surface area contributed by atoms with E-state index in [0.29, 0.717) is 21.8 Å². The first-order valence-corrected chi connectivity index (χ1v) is 7.45. The third-order valence-electron chi connectivity index (χ3n) is 2.76. The Balaban J connectivity index is 1.66. The number of hydrogen-bond donors (Lipinski definition) is 1. The minimum atomic E-state index is -0.106. The number of carbonyl (C=O) groups is 2. The highest BCUT2D eigenvalue weighted by atomic mass is 79.9. The van der Waals surface area contributed by atoms with Crippen LogP contribution in [0.5, 0.6) is 0 Å². The van der Waals surface area contributed by atoms with Crippen LogP contribution in [0, 0.1) is 0 Å². The number of aromatic nitrogens is 1. The maximum atomic E-state index is 11.7. The fourth-order valence-electron chi connectivity index (χ4n) is 1.86. The van der Waals surface area contributed by atoms with E-state index in [1.54, 1.807) is 6.20 Å². The summed E-state index contributed by atoms with van der Waals surface area (Å²) in [6.07, 6.45) is 3.97. The first-order chi connectivity index (χ1) is 8.66. The Hall–Kier alpha value is -0.950. The molecule has 1 fully saturated rings. The molecule has 1 aromatic heterocycles. The first kappa shape index (κ1) is 13.5. The normalized spacial score (nSPS) is 15.2.